The zero-order valence-corrected chi connectivity index (χ0v) is 4.73. The van der Waals surface area contributed by atoms with Crippen LogP contribution in [-0.2, 0) is 7.74 Å². The Kier molecular flexibility index (Phi) is 39.8. The SMILES string of the molecule is O[O][Al+].[O]=[Al]. The Morgan fingerprint density at radius 1 is 1.80 bits per heavy atom. The van der Waals surface area contributed by atoms with Crippen LogP contribution < -0.4 is 0 Å². The van der Waals surface area contributed by atoms with E-state index in [9.17, 15) is 0 Å². The van der Waals surface area contributed by atoms with Gasteiger partial charge in [-0.15, -0.1) is 0 Å². The van der Waals surface area contributed by atoms with E-state index in [1.165, 1.54) is 16.2 Å². The van der Waals surface area contributed by atoms with Gasteiger partial charge in [0.05, 0.1) is 0 Å². The Labute approximate surface area is 46.3 Å². The van der Waals surface area contributed by atoms with E-state index in [2.05, 4.69) is 3.94 Å². The summed E-state index contributed by atoms with van der Waals surface area (Å²) in [5.74, 6) is 0. The van der Waals surface area contributed by atoms with Crippen molar-refractivity contribution in [2.24, 2.45) is 0 Å². The van der Waals surface area contributed by atoms with Crippen LogP contribution in [0.25, 0.3) is 0 Å². The minimum absolute atomic E-state index is 1.17. The molecule has 0 unspecified atom stereocenters. The van der Waals surface area contributed by atoms with Crippen LogP contribution in [0.15, 0.2) is 0 Å². The molecule has 0 amide bonds. The van der Waals surface area contributed by atoms with Gasteiger partial charge in [0, 0.05) is 0 Å². The summed E-state index contributed by atoms with van der Waals surface area (Å²) in [6.07, 6.45) is 0. The molecule has 0 bridgehead atoms. The van der Waals surface area contributed by atoms with Gasteiger partial charge in [-0.25, -0.2) is 0 Å². The molecule has 0 fully saturated rings. The maximum atomic E-state index is 8.17. The van der Waals surface area contributed by atoms with Crippen LogP contribution in [0.2, 0.25) is 0 Å². The van der Waals surface area contributed by atoms with E-state index in [4.69, 9.17) is 9.06 Å². The van der Waals surface area contributed by atoms with Crippen LogP contribution in [0.3, 0.4) is 0 Å². The zero-order valence-electron chi connectivity index (χ0n) is 2.42. The molecule has 5 heteroatoms. The minimum atomic E-state index is 1.17. The molecule has 3 nitrogen and oxygen atoms in total. The molecule has 5 heavy (non-hydrogen) atoms. The standard InChI is InChI=1S/2Al.H2O2.O/c;;1-2;/h;;1-2H;/q;+2;;/p-1. The van der Waals surface area contributed by atoms with Gasteiger partial charge in [-0.2, -0.15) is 0 Å². The normalized spacial score (nSPS) is 3.80. The van der Waals surface area contributed by atoms with Gasteiger partial charge in [0.1, 0.15) is 0 Å². The quantitative estimate of drug-likeness (QED) is 0.244. The molecular weight excluding hydrogens is 102 g/mol. The van der Waals surface area contributed by atoms with Crippen molar-refractivity contribution in [3.63, 3.8) is 0 Å². The average molecular weight is 103 g/mol. The summed E-state index contributed by atoms with van der Waals surface area (Å²) in [7, 11) is 0. The van der Waals surface area contributed by atoms with Crippen LogP contribution in [0.4, 0.5) is 0 Å². The molecule has 0 aliphatic heterocycles. The van der Waals surface area contributed by atoms with E-state index in [1.54, 1.807) is 16.6 Å². The van der Waals surface area contributed by atoms with E-state index in [0.717, 1.165) is 0 Å². The molecule has 0 spiro atoms. The molecular formula is HAl2O3+. The van der Waals surface area contributed by atoms with E-state index in [-0.39, 0.29) is 0 Å². The predicted octanol–water partition coefficient (Wildman–Crippen LogP) is -0.940. The molecule has 0 aromatic rings. The summed E-state index contributed by atoms with van der Waals surface area (Å²) in [5, 5.41) is 7.03. The van der Waals surface area contributed by atoms with Gasteiger partial charge in [0.2, 0.25) is 0 Å². The first-order valence-electron chi connectivity index (χ1n) is 0.654. The molecule has 0 heterocycles. The first-order valence-corrected chi connectivity index (χ1v) is 1.60. The second kappa shape index (κ2) is 21.5. The molecule has 0 saturated heterocycles. The Balaban J connectivity index is 0. The Morgan fingerprint density at radius 2 is 1.80 bits per heavy atom. The summed E-state index contributed by atoms with van der Waals surface area (Å²) in [6.45, 7) is 0. The number of hydrogen-bond acceptors (Lipinski definition) is 3. The maximum absolute atomic E-state index is 8.17. The first-order chi connectivity index (χ1) is 2.41. The van der Waals surface area contributed by atoms with E-state index >= 15 is 0 Å². The molecule has 0 aliphatic rings. The van der Waals surface area contributed by atoms with Crippen molar-refractivity contribution in [3.05, 3.63) is 0 Å². The van der Waals surface area contributed by atoms with Gasteiger partial charge in [-0.05, 0) is 0 Å². The van der Waals surface area contributed by atoms with Crippen molar-refractivity contribution in [1.29, 1.82) is 0 Å². The zero-order chi connectivity index (χ0) is 4.71. The summed E-state index contributed by atoms with van der Waals surface area (Å²) >= 11 is 2.80. The molecule has 2 radical (unpaired) electrons. The predicted molar refractivity (Wildman–Crippen MR) is 15.9 cm³/mol. The Morgan fingerprint density at radius 3 is 1.80 bits per heavy atom. The van der Waals surface area contributed by atoms with Crippen molar-refractivity contribution in [1.82, 2.24) is 0 Å². The first kappa shape index (κ1) is 9.25. The van der Waals surface area contributed by atoms with Crippen LogP contribution >= 0.6 is 0 Å². The monoisotopic (exact) mass is 103 g/mol. The fourth-order valence-corrected chi connectivity index (χ4v) is 0. The summed E-state index contributed by atoms with van der Waals surface area (Å²) in [4.78, 5) is 0. The number of hydrogen-bond donors (Lipinski definition) is 1. The van der Waals surface area contributed by atoms with Crippen molar-refractivity contribution in [2.75, 3.05) is 0 Å². The van der Waals surface area contributed by atoms with E-state index in [0.29, 0.717) is 0 Å². The van der Waals surface area contributed by atoms with Crippen LogP contribution in [0.5, 0.6) is 0 Å². The molecule has 0 rings (SSSR count). The molecule has 24 valence electrons. The van der Waals surface area contributed by atoms with Gasteiger partial charge in [-0.3, -0.25) is 0 Å². The number of rotatable bonds is 0. The van der Waals surface area contributed by atoms with Crippen LogP contribution in [0.1, 0.15) is 0 Å². The second-order valence-electron chi connectivity index (χ2n) is 0.105. The van der Waals surface area contributed by atoms with Gasteiger partial charge >= 0.3 is 45.8 Å². The summed E-state index contributed by atoms with van der Waals surface area (Å²) in [6, 6.07) is 0. The fourth-order valence-electron chi connectivity index (χ4n) is 0. The third kappa shape index (κ3) is 60.2. The van der Waals surface area contributed by atoms with Gasteiger partial charge in [0.25, 0.3) is 0 Å². The van der Waals surface area contributed by atoms with Gasteiger partial charge in [0.15, 0.2) is 0 Å². The molecule has 0 atom stereocenters. The average Bonchev–Trinajstić information content (AvgIpc) is 1.46. The molecule has 0 aliphatic carbocycles. The fraction of sp³-hybridized carbons (Fsp3) is 0. The summed E-state index contributed by atoms with van der Waals surface area (Å²) < 4.78 is 11.3. The van der Waals surface area contributed by atoms with Crippen molar-refractivity contribution in [3.8, 4) is 0 Å². The third-order valence-corrected chi connectivity index (χ3v) is 0. The van der Waals surface area contributed by atoms with Gasteiger partial charge in [-0.1, -0.05) is 0 Å². The Hall–Kier alpha value is 0.785. The van der Waals surface area contributed by atoms with Crippen LogP contribution in [-0.4, -0.2) is 38.1 Å². The van der Waals surface area contributed by atoms with Crippen molar-refractivity contribution >= 4 is 32.8 Å². The van der Waals surface area contributed by atoms with Crippen LogP contribution in [0, 0.1) is 0 Å². The van der Waals surface area contributed by atoms with E-state index < -0.39 is 0 Å². The molecule has 0 saturated carbocycles. The van der Waals surface area contributed by atoms with Gasteiger partial charge < -0.3 is 0 Å². The summed E-state index contributed by atoms with van der Waals surface area (Å²) in [5.41, 5.74) is 0. The molecule has 0 aromatic carbocycles. The molecule has 1 N–H and O–H groups in total. The third-order valence-electron chi connectivity index (χ3n) is 0. The van der Waals surface area contributed by atoms with Crippen molar-refractivity contribution in [2.45, 2.75) is 0 Å². The van der Waals surface area contributed by atoms with E-state index in [1.807, 2.05) is 0 Å². The second-order valence-corrected chi connectivity index (χ2v) is 0.316. The topological polar surface area (TPSA) is 46.5 Å². The molecule has 0 aromatic heterocycles. The van der Waals surface area contributed by atoms with Crippen molar-refractivity contribution < 1.29 is 13.0 Å². The Bertz CT molecular complexity index is 8.85.